The lowest BCUT2D eigenvalue weighted by atomic mass is 10.0. The molecule has 1 atom stereocenters. The van der Waals surface area contributed by atoms with Crippen molar-refractivity contribution in [1.82, 2.24) is 0 Å². The van der Waals surface area contributed by atoms with E-state index in [1.807, 2.05) is 6.07 Å². The summed E-state index contributed by atoms with van der Waals surface area (Å²) in [6, 6.07) is 5.24. The van der Waals surface area contributed by atoms with Crippen LogP contribution in [0.15, 0.2) is 23.2 Å². The lowest BCUT2D eigenvalue weighted by Crippen LogP contribution is -2.09. The highest BCUT2D eigenvalue weighted by Gasteiger charge is 2.20. The molecule has 13 heavy (non-hydrogen) atoms. The van der Waals surface area contributed by atoms with Crippen molar-refractivity contribution in [2.45, 2.75) is 4.83 Å². The van der Waals surface area contributed by atoms with Gasteiger partial charge in [-0.05, 0) is 17.7 Å². The zero-order valence-corrected chi connectivity index (χ0v) is 8.84. The van der Waals surface area contributed by atoms with Crippen LogP contribution in [0, 0.1) is 0 Å². The van der Waals surface area contributed by atoms with Crippen LogP contribution in [0.25, 0.3) is 0 Å². The highest BCUT2D eigenvalue weighted by atomic mass is 79.9. The smallest absolute Gasteiger partial charge is 0.267 e. The molecule has 1 aliphatic heterocycles. The van der Waals surface area contributed by atoms with Crippen LogP contribution >= 0.6 is 27.5 Å². The minimum absolute atomic E-state index is 0.0115. The third-order valence-electron chi connectivity index (χ3n) is 1.87. The van der Waals surface area contributed by atoms with Crippen LogP contribution in [0.3, 0.4) is 0 Å². The normalized spacial score (nSPS) is 20.2. The number of benzene rings is 1. The Labute approximate surface area is 88.7 Å². The summed E-state index contributed by atoms with van der Waals surface area (Å²) in [4.78, 5) is 15.0. The van der Waals surface area contributed by atoms with Crippen LogP contribution in [0.2, 0.25) is 5.02 Å². The molecule has 0 N–H and O–H groups in total. The second kappa shape index (κ2) is 3.24. The van der Waals surface area contributed by atoms with Crippen molar-refractivity contribution in [2.24, 2.45) is 4.99 Å². The van der Waals surface area contributed by atoms with Crippen molar-refractivity contribution in [3.05, 3.63) is 34.3 Å². The average Bonchev–Trinajstić information content (AvgIpc) is 2.12. The standard InChI is InChI=1S/C9H5BrClNO/c10-8-4-12-9(13)7-3-5(11)1-2-6(7)8/h1-4,8H. The van der Waals surface area contributed by atoms with E-state index < -0.39 is 0 Å². The van der Waals surface area contributed by atoms with E-state index in [4.69, 9.17) is 11.6 Å². The molecular formula is C9H5BrClNO. The Morgan fingerprint density at radius 3 is 3.00 bits per heavy atom. The van der Waals surface area contributed by atoms with E-state index in [0.29, 0.717) is 10.6 Å². The Morgan fingerprint density at radius 2 is 2.23 bits per heavy atom. The van der Waals surface area contributed by atoms with Gasteiger partial charge in [-0.1, -0.05) is 33.6 Å². The Bertz CT molecular complexity index is 403. The van der Waals surface area contributed by atoms with Crippen LogP contribution in [0.4, 0.5) is 0 Å². The number of rotatable bonds is 0. The van der Waals surface area contributed by atoms with Crippen LogP contribution in [0.5, 0.6) is 0 Å². The second-order valence-electron chi connectivity index (χ2n) is 2.72. The summed E-state index contributed by atoms with van der Waals surface area (Å²) < 4.78 is 0. The van der Waals surface area contributed by atoms with Gasteiger partial charge in [0, 0.05) is 16.8 Å². The average molecular weight is 259 g/mol. The van der Waals surface area contributed by atoms with Gasteiger partial charge in [0.15, 0.2) is 0 Å². The summed E-state index contributed by atoms with van der Waals surface area (Å²) in [6.07, 6.45) is 1.58. The third-order valence-corrected chi connectivity index (χ3v) is 2.83. The molecule has 0 saturated carbocycles. The molecule has 1 amide bonds. The Morgan fingerprint density at radius 1 is 1.46 bits per heavy atom. The number of nitrogens with zero attached hydrogens (tertiary/aromatic N) is 1. The first-order valence-corrected chi connectivity index (χ1v) is 5.00. The molecule has 1 aliphatic rings. The fourth-order valence-electron chi connectivity index (χ4n) is 1.24. The predicted octanol–water partition coefficient (Wildman–Crippen LogP) is 3.00. The van der Waals surface area contributed by atoms with Gasteiger partial charge in [-0.3, -0.25) is 4.79 Å². The number of hydrogen-bond donors (Lipinski definition) is 0. The summed E-state index contributed by atoms with van der Waals surface area (Å²) in [6.45, 7) is 0. The Hall–Kier alpha value is -0.670. The molecule has 1 heterocycles. The van der Waals surface area contributed by atoms with Gasteiger partial charge in [0.2, 0.25) is 0 Å². The van der Waals surface area contributed by atoms with E-state index >= 15 is 0 Å². The van der Waals surface area contributed by atoms with Gasteiger partial charge < -0.3 is 0 Å². The molecule has 0 aliphatic carbocycles. The minimum atomic E-state index is -0.229. The van der Waals surface area contributed by atoms with Gasteiger partial charge >= 0.3 is 0 Å². The number of amides is 1. The van der Waals surface area contributed by atoms with E-state index in [1.165, 1.54) is 0 Å². The fraction of sp³-hybridized carbons (Fsp3) is 0.111. The lowest BCUT2D eigenvalue weighted by Gasteiger charge is -2.13. The number of aliphatic imine (C=N–C) groups is 1. The summed E-state index contributed by atoms with van der Waals surface area (Å²) in [5.41, 5.74) is 1.50. The maximum absolute atomic E-state index is 11.3. The molecule has 0 spiro atoms. The fourth-order valence-corrected chi connectivity index (χ4v) is 1.93. The van der Waals surface area contributed by atoms with E-state index in [2.05, 4.69) is 20.9 Å². The van der Waals surface area contributed by atoms with Gasteiger partial charge in [-0.15, -0.1) is 0 Å². The maximum atomic E-state index is 11.3. The monoisotopic (exact) mass is 257 g/mol. The molecule has 66 valence electrons. The van der Waals surface area contributed by atoms with Crippen LogP contribution in [-0.4, -0.2) is 12.1 Å². The SMILES string of the molecule is O=C1N=CC(Br)c2ccc(Cl)cc21. The molecule has 1 aromatic rings. The zero-order chi connectivity index (χ0) is 9.42. The van der Waals surface area contributed by atoms with E-state index in [-0.39, 0.29) is 10.7 Å². The number of alkyl halides is 1. The molecule has 2 rings (SSSR count). The first kappa shape index (κ1) is 8.91. The van der Waals surface area contributed by atoms with Crippen molar-refractivity contribution >= 4 is 39.7 Å². The molecule has 0 saturated heterocycles. The van der Waals surface area contributed by atoms with Crippen LogP contribution in [-0.2, 0) is 0 Å². The predicted molar refractivity (Wildman–Crippen MR) is 55.9 cm³/mol. The molecular weight excluding hydrogens is 253 g/mol. The number of hydrogen-bond acceptors (Lipinski definition) is 1. The van der Waals surface area contributed by atoms with E-state index in [9.17, 15) is 4.79 Å². The summed E-state index contributed by atoms with van der Waals surface area (Å²) in [5.74, 6) is -0.229. The van der Waals surface area contributed by atoms with Gasteiger partial charge in [-0.25, -0.2) is 4.99 Å². The quantitative estimate of drug-likeness (QED) is 0.658. The highest BCUT2D eigenvalue weighted by molar-refractivity contribution is 9.09. The number of fused-ring (bicyclic) bond motifs is 1. The second-order valence-corrected chi connectivity index (χ2v) is 4.14. The third kappa shape index (κ3) is 1.54. The van der Waals surface area contributed by atoms with Gasteiger partial charge in [-0.2, -0.15) is 0 Å². The molecule has 4 heteroatoms. The maximum Gasteiger partial charge on any atom is 0.277 e. The molecule has 0 aromatic heterocycles. The first-order valence-electron chi connectivity index (χ1n) is 3.70. The number of carbonyl (C=O) groups excluding carboxylic acids is 1. The summed E-state index contributed by atoms with van der Waals surface area (Å²) >= 11 is 9.16. The lowest BCUT2D eigenvalue weighted by molar-refractivity contribution is 0.100. The van der Waals surface area contributed by atoms with Crippen molar-refractivity contribution in [1.29, 1.82) is 0 Å². The zero-order valence-electron chi connectivity index (χ0n) is 6.50. The molecule has 0 bridgehead atoms. The Kier molecular flexibility index (Phi) is 2.22. The van der Waals surface area contributed by atoms with Crippen LogP contribution < -0.4 is 0 Å². The molecule has 1 aromatic carbocycles. The van der Waals surface area contributed by atoms with Crippen molar-refractivity contribution in [3.8, 4) is 0 Å². The van der Waals surface area contributed by atoms with Gasteiger partial charge in [0.25, 0.3) is 5.91 Å². The molecule has 0 radical (unpaired) electrons. The van der Waals surface area contributed by atoms with E-state index in [0.717, 1.165) is 5.56 Å². The van der Waals surface area contributed by atoms with E-state index in [1.54, 1.807) is 18.3 Å². The largest absolute Gasteiger partial charge is 0.277 e. The molecule has 2 nitrogen and oxygen atoms in total. The summed E-state index contributed by atoms with van der Waals surface area (Å²) in [5, 5.41) is 0.559. The first-order chi connectivity index (χ1) is 6.18. The number of halogens is 2. The van der Waals surface area contributed by atoms with Crippen molar-refractivity contribution < 1.29 is 4.79 Å². The van der Waals surface area contributed by atoms with Gasteiger partial charge in [0.1, 0.15) is 0 Å². The topological polar surface area (TPSA) is 29.4 Å². The minimum Gasteiger partial charge on any atom is -0.267 e. The van der Waals surface area contributed by atoms with Crippen molar-refractivity contribution in [2.75, 3.05) is 0 Å². The van der Waals surface area contributed by atoms with Crippen LogP contribution in [0.1, 0.15) is 20.7 Å². The highest BCUT2D eigenvalue weighted by Crippen LogP contribution is 2.30. The molecule has 0 fully saturated rings. The molecule has 1 unspecified atom stereocenters. The van der Waals surface area contributed by atoms with Gasteiger partial charge in [0.05, 0.1) is 4.83 Å². The number of carbonyl (C=O) groups is 1. The summed E-state index contributed by atoms with van der Waals surface area (Å²) in [7, 11) is 0. The Balaban J connectivity index is 2.62. The van der Waals surface area contributed by atoms with Crippen molar-refractivity contribution in [3.63, 3.8) is 0 Å².